The largest absolute Gasteiger partial charge is 0.463 e. The van der Waals surface area contributed by atoms with E-state index in [4.69, 9.17) is 16.3 Å². The molecular formula is C15H18ClNO4S. The molecule has 1 aliphatic heterocycles. The number of carbonyl (C=O) groups is 1. The van der Waals surface area contributed by atoms with Crippen LogP contribution in [0.3, 0.4) is 0 Å². The summed E-state index contributed by atoms with van der Waals surface area (Å²) in [6.07, 6.45) is 3.74. The molecule has 120 valence electrons. The first-order valence-electron chi connectivity index (χ1n) is 7.42. The lowest BCUT2D eigenvalue weighted by atomic mass is 9.81. The first-order chi connectivity index (χ1) is 10.5. The zero-order chi connectivity index (χ0) is 15.8. The van der Waals surface area contributed by atoms with Gasteiger partial charge in [0.2, 0.25) is 10.0 Å². The number of halogens is 1. The van der Waals surface area contributed by atoms with Crippen LogP contribution in [-0.2, 0) is 19.6 Å². The number of nitrogens with zero attached hydrogens (tertiary/aromatic N) is 1. The molecule has 0 bridgehead atoms. The van der Waals surface area contributed by atoms with Crippen molar-refractivity contribution in [3.63, 3.8) is 0 Å². The lowest BCUT2D eigenvalue weighted by Gasteiger charge is -2.45. The number of cyclic esters (lactones) is 1. The van der Waals surface area contributed by atoms with E-state index in [2.05, 4.69) is 0 Å². The predicted octanol–water partition coefficient (Wildman–Crippen LogP) is 2.59. The number of rotatable bonds is 2. The molecule has 0 aromatic heterocycles. The molecule has 1 saturated carbocycles. The fourth-order valence-corrected chi connectivity index (χ4v) is 5.24. The molecule has 0 atom stereocenters. The van der Waals surface area contributed by atoms with Crippen LogP contribution in [0.25, 0.3) is 0 Å². The maximum absolute atomic E-state index is 13.0. The quantitative estimate of drug-likeness (QED) is 0.774. The van der Waals surface area contributed by atoms with Crippen LogP contribution in [0.4, 0.5) is 0 Å². The Hall–Kier alpha value is -1.11. The van der Waals surface area contributed by atoms with Crippen LogP contribution in [0.2, 0.25) is 5.02 Å². The van der Waals surface area contributed by atoms with E-state index in [-0.39, 0.29) is 18.0 Å². The van der Waals surface area contributed by atoms with E-state index in [1.807, 2.05) is 0 Å². The van der Waals surface area contributed by atoms with E-state index in [9.17, 15) is 13.2 Å². The molecule has 0 unspecified atom stereocenters. The lowest BCUT2D eigenvalue weighted by Crippen LogP contribution is -2.62. The normalized spacial score (nSPS) is 22.5. The van der Waals surface area contributed by atoms with Crippen LogP contribution in [0, 0.1) is 0 Å². The highest BCUT2D eigenvalue weighted by molar-refractivity contribution is 7.89. The average molecular weight is 344 g/mol. The van der Waals surface area contributed by atoms with E-state index in [0.717, 1.165) is 19.3 Å². The molecule has 22 heavy (non-hydrogen) atoms. The highest BCUT2D eigenvalue weighted by atomic mass is 35.5. The number of hydrogen-bond donors (Lipinski definition) is 0. The minimum atomic E-state index is -3.75. The second-order valence-electron chi connectivity index (χ2n) is 5.76. The van der Waals surface area contributed by atoms with Crippen LogP contribution < -0.4 is 0 Å². The van der Waals surface area contributed by atoms with E-state index in [1.165, 1.54) is 16.4 Å². The van der Waals surface area contributed by atoms with Crippen LogP contribution >= 0.6 is 11.6 Å². The van der Waals surface area contributed by atoms with Crippen molar-refractivity contribution in [3.05, 3.63) is 29.3 Å². The summed E-state index contributed by atoms with van der Waals surface area (Å²) in [5, 5.41) is 0.476. The topological polar surface area (TPSA) is 63.7 Å². The van der Waals surface area contributed by atoms with E-state index < -0.39 is 21.5 Å². The Balaban J connectivity index is 2.03. The van der Waals surface area contributed by atoms with Gasteiger partial charge in [0.1, 0.15) is 12.1 Å². The third-order valence-electron chi connectivity index (χ3n) is 4.47. The fraction of sp³-hybridized carbons (Fsp3) is 0.533. The number of esters is 1. The Bertz CT molecular complexity index is 665. The van der Waals surface area contributed by atoms with Crippen molar-refractivity contribution < 1.29 is 17.9 Å². The molecule has 1 saturated heterocycles. The SMILES string of the molecule is O=C1OCCN(S(=O)(=O)c2ccc(Cl)cc2)C12CCCCC2. The minimum absolute atomic E-state index is 0.105. The molecule has 3 rings (SSSR count). The molecular weight excluding hydrogens is 326 g/mol. The smallest absolute Gasteiger partial charge is 0.327 e. The van der Waals surface area contributed by atoms with Gasteiger partial charge in [0.15, 0.2) is 0 Å². The zero-order valence-corrected chi connectivity index (χ0v) is 13.7. The Morgan fingerprint density at radius 3 is 2.36 bits per heavy atom. The standard InChI is InChI=1S/C15H18ClNO4S/c16-12-4-6-13(7-5-12)22(19,20)17-10-11-21-14(18)15(17)8-2-1-3-9-15/h4-7H,1-3,8-11H2. The van der Waals surface area contributed by atoms with Gasteiger partial charge in [0.25, 0.3) is 0 Å². The van der Waals surface area contributed by atoms with Gasteiger partial charge < -0.3 is 4.74 Å². The summed E-state index contributed by atoms with van der Waals surface area (Å²) in [4.78, 5) is 12.5. The first-order valence-corrected chi connectivity index (χ1v) is 9.24. The zero-order valence-electron chi connectivity index (χ0n) is 12.1. The molecule has 2 fully saturated rings. The monoisotopic (exact) mass is 343 g/mol. The van der Waals surface area contributed by atoms with Crippen LogP contribution in [0.5, 0.6) is 0 Å². The van der Waals surface area contributed by atoms with Gasteiger partial charge in [0, 0.05) is 11.6 Å². The van der Waals surface area contributed by atoms with Gasteiger partial charge in [0.05, 0.1) is 4.90 Å². The summed E-state index contributed by atoms with van der Waals surface area (Å²) < 4.78 is 32.5. The first kappa shape index (κ1) is 15.8. The molecule has 0 radical (unpaired) electrons. The Morgan fingerprint density at radius 1 is 1.09 bits per heavy atom. The molecule has 0 N–H and O–H groups in total. The highest BCUT2D eigenvalue weighted by Gasteiger charge is 2.53. The third kappa shape index (κ3) is 2.53. The molecule has 1 aromatic carbocycles. The third-order valence-corrected chi connectivity index (χ3v) is 6.70. The fourth-order valence-electron chi connectivity index (χ4n) is 3.35. The van der Waals surface area contributed by atoms with Crippen LogP contribution in [0.1, 0.15) is 32.1 Å². The molecule has 1 spiro atoms. The number of carbonyl (C=O) groups excluding carboxylic acids is 1. The van der Waals surface area contributed by atoms with E-state index >= 15 is 0 Å². The Kier molecular flexibility index (Phi) is 4.18. The molecule has 5 nitrogen and oxygen atoms in total. The summed E-state index contributed by atoms with van der Waals surface area (Å²) in [6, 6.07) is 6.05. The van der Waals surface area contributed by atoms with Crippen molar-refractivity contribution in [1.82, 2.24) is 4.31 Å². The lowest BCUT2D eigenvalue weighted by molar-refractivity contribution is -0.165. The number of benzene rings is 1. The number of sulfonamides is 1. The number of ether oxygens (including phenoxy) is 1. The van der Waals surface area contributed by atoms with Gasteiger partial charge in [-0.2, -0.15) is 4.31 Å². The Morgan fingerprint density at radius 2 is 1.73 bits per heavy atom. The van der Waals surface area contributed by atoms with E-state index in [0.29, 0.717) is 17.9 Å². The summed E-state index contributed by atoms with van der Waals surface area (Å²) in [5.74, 6) is -0.406. The second kappa shape index (κ2) is 5.83. The molecule has 1 aliphatic carbocycles. The average Bonchev–Trinajstić information content (AvgIpc) is 2.51. The minimum Gasteiger partial charge on any atom is -0.463 e. The Labute approximate surface area is 135 Å². The van der Waals surface area contributed by atoms with Gasteiger partial charge in [-0.15, -0.1) is 0 Å². The number of morpholine rings is 1. The van der Waals surface area contributed by atoms with Gasteiger partial charge in [-0.3, -0.25) is 4.79 Å². The van der Waals surface area contributed by atoms with Crippen LogP contribution in [0.15, 0.2) is 29.2 Å². The molecule has 7 heteroatoms. The summed E-state index contributed by atoms with van der Waals surface area (Å²) in [5.41, 5.74) is -1.03. The highest BCUT2D eigenvalue weighted by Crippen LogP contribution is 2.40. The predicted molar refractivity (Wildman–Crippen MR) is 82.1 cm³/mol. The maximum Gasteiger partial charge on any atom is 0.327 e. The molecule has 1 heterocycles. The van der Waals surface area contributed by atoms with Crippen molar-refractivity contribution in [2.75, 3.05) is 13.2 Å². The number of hydrogen-bond acceptors (Lipinski definition) is 4. The van der Waals surface area contributed by atoms with Gasteiger partial charge >= 0.3 is 5.97 Å². The summed E-state index contributed by atoms with van der Waals surface area (Å²) >= 11 is 5.83. The summed E-state index contributed by atoms with van der Waals surface area (Å²) in [7, 11) is -3.75. The molecule has 1 aromatic rings. The van der Waals surface area contributed by atoms with Gasteiger partial charge in [-0.1, -0.05) is 30.9 Å². The van der Waals surface area contributed by atoms with Crippen molar-refractivity contribution in [2.24, 2.45) is 0 Å². The van der Waals surface area contributed by atoms with Crippen molar-refractivity contribution >= 4 is 27.6 Å². The van der Waals surface area contributed by atoms with Crippen molar-refractivity contribution in [3.8, 4) is 0 Å². The summed E-state index contributed by atoms with van der Waals surface area (Å²) in [6.45, 7) is 0.310. The molecule has 0 amide bonds. The second-order valence-corrected chi connectivity index (χ2v) is 8.06. The van der Waals surface area contributed by atoms with Gasteiger partial charge in [-0.05, 0) is 37.1 Å². The molecule has 2 aliphatic rings. The van der Waals surface area contributed by atoms with Crippen molar-refractivity contribution in [2.45, 2.75) is 42.5 Å². The van der Waals surface area contributed by atoms with Crippen molar-refractivity contribution in [1.29, 1.82) is 0 Å². The van der Waals surface area contributed by atoms with Crippen LogP contribution in [-0.4, -0.2) is 37.4 Å². The van der Waals surface area contributed by atoms with E-state index in [1.54, 1.807) is 12.1 Å². The van der Waals surface area contributed by atoms with Gasteiger partial charge in [-0.25, -0.2) is 8.42 Å². The maximum atomic E-state index is 13.0.